The highest BCUT2D eigenvalue weighted by Gasteiger charge is 2.17. The zero-order chi connectivity index (χ0) is 11.7. The molecule has 1 heteroatoms. The number of benzene rings is 2. The summed E-state index contributed by atoms with van der Waals surface area (Å²) in [6.45, 7) is 0.775. The van der Waals surface area contributed by atoms with Crippen molar-refractivity contribution in [2.24, 2.45) is 5.73 Å². The molecule has 0 saturated carbocycles. The van der Waals surface area contributed by atoms with Crippen LogP contribution in [-0.2, 0) is 12.8 Å². The quantitative estimate of drug-likeness (QED) is 0.725. The number of nitrogens with two attached hydrogens (primary N) is 1. The molecule has 0 radical (unpaired) electrons. The molecule has 2 aromatic rings. The molecule has 0 amide bonds. The minimum Gasteiger partial charge on any atom is -0.330 e. The average Bonchev–Trinajstić information content (AvgIpc) is 2.74. The SMILES string of the molecule is NCCCc1ccc2c(c1)Cc1ccccc1-2. The van der Waals surface area contributed by atoms with Crippen LogP contribution < -0.4 is 5.73 Å². The van der Waals surface area contributed by atoms with Crippen LogP contribution in [0.2, 0.25) is 0 Å². The third-order valence-electron chi connectivity index (χ3n) is 3.53. The molecular formula is C16H17N. The number of aryl methyl sites for hydroxylation is 1. The summed E-state index contributed by atoms with van der Waals surface area (Å²) >= 11 is 0. The highest BCUT2D eigenvalue weighted by molar-refractivity contribution is 5.76. The summed E-state index contributed by atoms with van der Waals surface area (Å²) in [6, 6.07) is 15.6. The Kier molecular flexibility index (Phi) is 2.69. The summed E-state index contributed by atoms with van der Waals surface area (Å²) in [6.07, 6.45) is 3.26. The van der Waals surface area contributed by atoms with Crippen LogP contribution >= 0.6 is 0 Å². The van der Waals surface area contributed by atoms with Gasteiger partial charge in [-0.05, 0) is 53.6 Å². The zero-order valence-electron chi connectivity index (χ0n) is 9.95. The molecule has 2 N–H and O–H groups in total. The molecule has 0 spiro atoms. The summed E-state index contributed by atoms with van der Waals surface area (Å²) in [5.74, 6) is 0. The molecule has 1 aliphatic rings. The smallest absolute Gasteiger partial charge is 0.00134 e. The van der Waals surface area contributed by atoms with Crippen molar-refractivity contribution in [1.29, 1.82) is 0 Å². The molecular weight excluding hydrogens is 206 g/mol. The first-order valence-corrected chi connectivity index (χ1v) is 6.28. The van der Waals surface area contributed by atoms with Gasteiger partial charge in [-0.25, -0.2) is 0 Å². The number of hydrogen-bond donors (Lipinski definition) is 1. The Morgan fingerprint density at radius 3 is 2.65 bits per heavy atom. The lowest BCUT2D eigenvalue weighted by molar-refractivity contribution is 0.832. The highest BCUT2D eigenvalue weighted by atomic mass is 14.5. The second kappa shape index (κ2) is 4.34. The molecule has 0 aliphatic heterocycles. The van der Waals surface area contributed by atoms with Crippen LogP contribution in [0, 0.1) is 0 Å². The molecule has 0 bridgehead atoms. The van der Waals surface area contributed by atoms with E-state index in [-0.39, 0.29) is 0 Å². The Labute approximate surface area is 102 Å². The van der Waals surface area contributed by atoms with E-state index in [2.05, 4.69) is 42.5 Å². The van der Waals surface area contributed by atoms with Crippen molar-refractivity contribution in [3.63, 3.8) is 0 Å². The first-order valence-electron chi connectivity index (χ1n) is 6.28. The van der Waals surface area contributed by atoms with E-state index in [0.717, 1.165) is 25.8 Å². The second-order valence-electron chi connectivity index (χ2n) is 4.72. The van der Waals surface area contributed by atoms with Gasteiger partial charge in [0.2, 0.25) is 0 Å². The van der Waals surface area contributed by atoms with E-state index >= 15 is 0 Å². The van der Waals surface area contributed by atoms with Crippen LogP contribution in [-0.4, -0.2) is 6.54 Å². The fraction of sp³-hybridized carbons (Fsp3) is 0.250. The number of fused-ring (bicyclic) bond motifs is 3. The van der Waals surface area contributed by atoms with Crippen LogP contribution in [0.5, 0.6) is 0 Å². The van der Waals surface area contributed by atoms with Crippen molar-refractivity contribution >= 4 is 0 Å². The van der Waals surface area contributed by atoms with Crippen LogP contribution in [0.4, 0.5) is 0 Å². The Hall–Kier alpha value is -1.60. The van der Waals surface area contributed by atoms with Gasteiger partial charge in [0, 0.05) is 0 Å². The zero-order valence-corrected chi connectivity index (χ0v) is 9.95. The standard InChI is InChI=1S/C16H17N/c17-9-3-4-12-7-8-16-14(10-12)11-13-5-1-2-6-15(13)16/h1-2,5-8,10H,3-4,9,11,17H2. The van der Waals surface area contributed by atoms with Gasteiger partial charge in [-0.1, -0.05) is 42.5 Å². The van der Waals surface area contributed by atoms with E-state index in [4.69, 9.17) is 5.73 Å². The average molecular weight is 223 g/mol. The van der Waals surface area contributed by atoms with Gasteiger partial charge in [0.1, 0.15) is 0 Å². The topological polar surface area (TPSA) is 26.0 Å². The summed E-state index contributed by atoms with van der Waals surface area (Å²) in [5, 5.41) is 0. The fourth-order valence-electron chi connectivity index (χ4n) is 2.66. The van der Waals surface area contributed by atoms with Gasteiger partial charge in [-0.15, -0.1) is 0 Å². The monoisotopic (exact) mass is 223 g/mol. The maximum Gasteiger partial charge on any atom is -0.00134 e. The molecule has 86 valence electrons. The van der Waals surface area contributed by atoms with Gasteiger partial charge in [-0.2, -0.15) is 0 Å². The van der Waals surface area contributed by atoms with Crippen LogP contribution in [0.25, 0.3) is 11.1 Å². The molecule has 0 saturated heterocycles. The Morgan fingerprint density at radius 1 is 0.941 bits per heavy atom. The van der Waals surface area contributed by atoms with E-state index in [1.807, 2.05) is 0 Å². The Bertz CT molecular complexity index is 543. The van der Waals surface area contributed by atoms with Gasteiger partial charge in [0.05, 0.1) is 0 Å². The Morgan fingerprint density at radius 2 is 1.76 bits per heavy atom. The predicted molar refractivity (Wildman–Crippen MR) is 72.1 cm³/mol. The maximum absolute atomic E-state index is 5.56. The first-order chi connectivity index (χ1) is 8.38. The second-order valence-corrected chi connectivity index (χ2v) is 4.72. The molecule has 1 nitrogen and oxygen atoms in total. The summed E-state index contributed by atoms with van der Waals surface area (Å²) < 4.78 is 0. The van der Waals surface area contributed by atoms with Crippen LogP contribution in [0.1, 0.15) is 23.1 Å². The van der Waals surface area contributed by atoms with Gasteiger partial charge < -0.3 is 5.73 Å². The summed E-state index contributed by atoms with van der Waals surface area (Å²) in [7, 11) is 0. The summed E-state index contributed by atoms with van der Waals surface area (Å²) in [5.41, 5.74) is 12.7. The molecule has 0 fully saturated rings. The number of hydrogen-bond acceptors (Lipinski definition) is 1. The largest absolute Gasteiger partial charge is 0.330 e. The lowest BCUT2D eigenvalue weighted by Gasteiger charge is -2.04. The normalized spacial score (nSPS) is 12.3. The van der Waals surface area contributed by atoms with Gasteiger partial charge >= 0.3 is 0 Å². The van der Waals surface area contributed by atoms with Crippen LogP contribution in [0.3, 0.4) is 0 Å². The maximum atomic E-state index is 5.56. The van der Waals surface area contributed by atoms with Crippen molar-refractivity contribution in [2.45, 2.75) is 19.3 Å². The number of rotatable bonds is 3. The highest BCUT2D eigenvalue weighted by Crippen LogP contribution is 2.36. The van der Waals surface area contributed by atoms with Crippen molar-refractivity contribution < 1.29 is 0 Å². The van der Waals surface area contributed by atoms with Gasteiger partial charge in [0.25, 0.3) is 0 Å². The van der Waals surface area contributed by atoms with Crippen molar-refractivity contribution in [3.05, 3.63) is 59.2 Å². The third kappa shape index (κ3) is 1.87. The molecule has 2 aromatic carbocycles. The van der Waals surface area contributed by atoms with E-state index < -0.39 is 0 Å². The van der Waals surface area contributed by atoms with E-state index in [0.29, 0.717) is 0 Å². The lowest BCUT2D eigenvalue weighted by Crippen LogP contribution is -2.00. The molecule has 0 aromatic heterocycles. The first kappa shape index (κ1) is 10.5. The minimum absolute atomic E-state index is 0.775. The molecule has 0 unspecified atom stereocenters. The Balaban J connectivity index is 1.95. The van der Waals surface area contributed by atoms with Crippen molar-refractivity contribution in [2.75, 3.05) is 6.54 Å². The molecule has 0 heterocycles. The third-order valence-corrected chi connectivity index (χ3v) is 3.53. The van der Waals surface area contributed by atoms with E-state index in [1.165, 1.54) is 27.8 Å². The molecule has 17 heavy (non-hydrogen) atoms. The molecule has 1 aliphatic carbocycles. The fourth-order valence-corrected chi connectivity index (χ4v) is 2.66. The molecule has 0 atom stereocenters. The summed E-state index contributed by atoms with van der Waals surface area (Å²) in [4.78, 5) is 0. The van der Waals surface area contributed by atoms with E-state index in [1.54, 1.807) is 0 Å². The van der Waals surface area contributed by atoms with Gasteiger partial charge in [-0.3, -0.25) is 0 Å². The van der Waals surface area contributed by atoms with Gasteiger partial charge in [0.15, 0.2) is 0 Å². The van der Waals surface area contributed by atoms with Crippen molar-refractivity contribution in [3.8, 4) is 11.1 Å². The lowest BCUT2D eigenvalue weighted by atomic mass is 10.0. The molecule has 3 rings (SSSR count). The predicted octanol–water partition coefficient (Wildman–Crippen LogP) is 3.15. The van der Waals surface area contributed by atoms with E-state index in [9.17, 15) is 0 Å². The van der Waals surface area contributed by atoms with Crippen molar-refractivity contribution in [1.82, 2.24) is 0 Å². The minimum atomic E-state index is 0.775. The van der Waals surface area contributed by atoms with Crippen LogP contribution in [0.15, 0.2) is 42.5 Å².